The van der Waals surface area contributed by atoms with Gasteiger partial charge >= 0.3 is 0 Å². The number of rotatable bonds is 3. The van der Waals surface area contributed by atoms with Gasteiger partial charge in [0.05, 0.1) is 0 Å². The van der Waals surface area contributed by atoms with Crippen LogP contribution in [0.1, 0.15) is 39.0 Å². The SMILES string of the molecule is CC[SH](OC)C1CCCCC1. The molecule has 0 amide bonds. The summed E-state index contributed by atoms with van der Waals surface area (Å²) in [6.45, 7) is 2.25. The van der Waals surface area contributed by atoms with E-state index in [4.69, 9.17) is 4.18 Å². The van der Waals surface area contributed by atoms with Crippen molar-refractivity contribution in [3.63, 3.8) is 0 Å². The standard InChI is InChI=1S/C9H20OS/c1-3-11(10-2)9-7-5-4-6-8-9/h9,11H,3-8H2,1-2H3. The normalized spacial score (nSPS) is 25.1. The monoisotopic (exact) mass is 176 g/mol. The lowest BCUT2D eigenvalue weighted by Gasteiger charge is -2.31. The van der Waals surface area contributed by atoms with E-state index in [2.05, 4.69) is 6.92 Å². The molecule has 0 heterocycles. The highest BCUT2D eigenvalue weighted by atomic mass is 32.2. The van der Waals surface area contributed by atoms with E-state index in [1.54, 1.807) is 0 Å². The first kappa shape index (κ1) is 9.40. The Hall–Kier alpha value is 0.310. The molecule has 1 saturated carbocycles. The molecule has 1 rings (SSSR count). The first-order valence-electron chi connectivity index (χ1n) is 4.69. The highest BCUT2D eigenvalue weighted by Gasteiger charge is 2.18. The van der Waals surface area contributed by atoms with Gasteiger partial charge in [-0.25, -0.2) is 0 Å². The zero-order valence-corrected chi connectivity index (χ0v) is 8.57. The van der Waals surface area contributed by atoms with Crippen LogP contribution in [0.25, 0.3) is 0 Å². The summed E-state index contributed by atoms with van der Waals surface area (Å²) in [4.78, 5) is 0. The topological polar surface area (TPSA) is 9.23 Å². The van der Waals surface area contributed by atoms with E-state index in [9.17, 15) is 0 Å². The van der Waals surface area contributed by atoms with Crippen LogP contribution in [0.3, 0.4) is 0 Å². The van der Waals surface area contributed by atoms with Crippen LogP contribution in [0.5, 0.6) is 0 Å². The maximum atomic E-state index is 5.50. The second-order valence-electron chi connectivity index (χ2n) is 3.21. The Bertz CT molecular complexity index is 95.7. The largest absolute Gasteiger partial charge is 0.342 e. The van der Waals surface area contributed by atoms with Gasteiger partial charge in [0.1, 0.15) is 0 Å². The Morgan fingerprint density at radius 1 is 1.27 bits per heavy atom. The molecule has 1 atom stereocenters. The molecular formula is C9H20OS. The van der Waals surface area contributed by atoms with Crippen LogP contribution in [-0.4, -0.2) is 18.1 Å². The fraction of sp³-hybridized carbons (Fsp3) is 1.00. The van der Waals surface area contributed by atoms with E-state index in [1.165, 1.54) is 37.9 Å². The van der Waals surface area contributed by atoms with E-state index < -0.39 is 0 Å². The Morgan fingerprint density at radius 3 is 2.36 bits per heavy atom. The highest BCUT2D eigenvalue weighted by Crippen LogP contribution is 2.39. The van der Waals surface area contributed by atoms with Crippen molar-refractivity contribution >= 4 is 11.2 Å². The molecule has 0 N–H and O–H groups in total. The van der Waals surface area contributed by atoms with E-state index >= 15 is 0 Å². The van der Waals surface area contributed by atoms with Gasteiger partial charge in [0.25, 0.3) is 0 Å². The molecule has 0 aliphatic heterocycles. The lowest BCUT2D eigenvalue weighted by molar-refractivity contribution is 0.443. The van der Waals surface area contributed by atoms with Gasteiger partial charge in [0, 0.05) is 12.4 Å². The van der Waals surface area contributed by atoms with Crippen LogP contribution in [0, 0.1) is 0 Å². The van der Waals surface area contributed by atoms with E-state index in [-0.39, 0.29) is 11.2 Å². The molecular weight excluding hydrogens is 156 g/mol. The van der Waals surface area contributed by atoms with Crippen molar-refractivity contribution < 1.29 is 4.18 Å². The Morgan fingerprint density at radius 2 is 1.91 bits per heavy atom. The van der Waals surface area contributed by atoms with Crippen molar-refractivity contribution in [3.8, 4) is 0 Å². The summed E-state index contributed by atoms with van der Waals surface area (Å²) in [5.41, 5.74) is 0. The predicted octanol–water partition coefficient (Wildman–Crippen LogP) is 2.90. The first-order valence-corrected chi connectivity index (χ1v) is 6.20. The van der Waals surface area contributed by atoms with E-state index in [0.717, 1.165) is 5.25 Å². The van der Waals surface area contributed by atoms with Gasteiger partial charge in [-0.1, -0.05) is 26.2 Å². The Kier molecular flexibility index (Phi) is 4.31. The molecule has 0 bridgehead atoms. The third kappa shape index (κ3) is 2.68. The zero-order valence-electron chi connectivity index (χ0n) is 7.68. The smallest absolute Gasteiger partial charge is 0.0479 e. The second kappa shape index (κ2) is 5.04. The molecule has 0 aromatic carbocycles. The summed E-state index contributed by atoms with van der Waals surface area (Å²) in [5.74, 6) is 1.25. The molecule has 1 aliphatic carbocycles. The minimum atomic E-state index is -0.0744. The van der Waals surface area contributed by atoms with Crippen molar-refractivity contribution in [2.24, 2.45) is 0 Å². The van der Waals surface area contributed by atoms with Gasteiger partial charge in [-0.2, -0.15) is 0 Å². The average Bonchev–Trinajstić information content (AvgIpc) is 2.09. The van der Waals surface area contributed by atoms with E-state index in [0.29, 0.717) is 0 Å². The molecule has 1 fully saturated rings. The van der Waals surface area contributed by atoms with Crippen molar-refractivity contribution in [2.75, 3.05) is 12.9 Å². The van der Waals surface area contributed by atoms with Crippen molar-refractivity contribution in [1.82, 2.24) is 0 Å². The quantitative estimate of drug-likeness (QED) is 0.651. The van der Waals surface area contributed by atoms with Gasteiger partial charge in [-0.05, 0) is 18.6 Å². The fourth-order valence-corrected chi connectivity index (χ4v) is 3.92. The maximum Gasteiger partial charge on any atom is 0.0479 e. The molecule has 1 aliphatic rings. The summed E-state index contributed by atoms with van der Waals surface area (Å²) >= 11 is -0.0744. The summed E-state index contributed by atoms with van der Waals surface area (Å²) in [6.07, 6.45) is 7.17. The number of hydrogen-bond donors (Lipinski definition) is 1. The molecule has 0 saturated heterocycles. The molecule has 0 spiro atoms. The van der Waals surface area contributed by atoms with Crippen LogP contribution in [0.2, 0.25) is 0 Å². The predicted molar refractivity (Wildman–Crippen MR) is 53.4 cm³/mol. The molecule has 1 unspecified atom stereocenters. The molecule has 2 heteroatoms. The summed E-state index contributed by atoms with van der Waals surface area (Å²) in [5, 5.41) is 0.925. The second-order valence-corrected chi connectivity index (χ2v) is 5.77. The maximum absolute atomic E-state index is 5.50. The first-order chi connectivity index (χ1) is 5.38. The van der Waals surface area contributed by atoms with Gasteiger partial charge in [0.15, 0.2) is 0 Å². The van der Waals surface area contributed by atoms with E-state index in [1.807, 2.05) is 7.11 Å². The molecule has 1 nitrogen and oxygen atoms in total. The van der Waals surface area contributed by atoms with Crippen molar-refractivity contribution in [2.45, 2.75) is 44.3 Å². The summed E-state index contributed by atoms with van der Waals surface area (Å²) in [7, 11) is 1.88. The summed E-state index contributed by atoms with van der Waals surface area (Å²) in [6, 6.07) is 0. The fourth-order valence-electron chi connectivity index (χ4n) is 1.91. The minimum absolute atomic E-state index is 0.0744. The van der Waals surface area contributed by atoms with Crippen LogP contribution in [-0.2, 0) is 4.18 Å². The Labute approximate surface area is 73.1 Å². The molecule has 0 aromatic heterocycles. The molecule has 0 aromatic rings. The third-order valence-corrected chi connectivity index (χ3v) is 4.95. The van der Waals surface area contributed by atoms with Crippen LogP contribution in [0.4, 0.5) is 0 Å². The van der Waals surface area contributed by atoms with Gasteiger partial charge in [0.2, 0.25) is 0 Å². The molecule has 68 valence electrons. The van der Waals surface area contributed by atoms with Gasteiger partial charge in [-0.15, -0.1) is 11.2 Å². The summed E-state index contributed by atoms with van der Waals surface area (Å²) < 4.78 is 5.50. The van der Waals surface area contributed by atoms with Gasteiger partial charge in [-0.3, -0.25) is 0 Å². The zero-order chi connectivity index (χ0) is 8.10. The molecule has 0 radical (unpaired) electrons. The van der Waals surface area contributed by atoms with Crippen molar-refractivity contribution in [1.29, 1.82) is 0 Å². The van der Waals surface area contributed by atoms with Crippen LogP contribution >= 0.6 is 11.2 Å². The van der Waals surface area contributed by atoms with Crippen LogP contribution in [0.15, 0.2) is 0 Å². The Balaban J connectivity index is 2.30. The van der Waals surface area contributed by atoms with Crippen LogP contribution < -0.4 is 0 Å². The van der Waals surface area contributed by atoms with Gasteiger partial charge < -0.3 is 4.18 Å². The average molecular weight is 176 g/mol. The minimum Gasteiger partial charge on any atom is -0.342 e. The number of thiol groups is 1. The third-order valence-electron chi connectivity index (χ3n) is 2.53. The number of hydrogen-bond acceptors (Lipinski definition) is 1. The highest BCUT2D eigenvalue weighted by molar-refractivity contribution is 8.13. The molecule has 11 heavy (non-hydrogen) atoms. The lowest BCUT2D eigenvalue weighted by Crippen LogP contribution is -2.14. The van der Waals surface area contributed by atoms with Crippen molar-refractivity contribution in [3.05, 3.63) is 0 Å². The lowest BCUT2D eigenvalue weighted by atomic mass is 10.0.